The summed E-state index contributed by atoms with van der Waals surface area (Å²) < 4.78 is 1.77. The Balaban J connectivity index is 1.76. The van der Waals surface area contributed by atoms with E-state index in [0.717, 1.165) is 24.9 Å². The fraction of sp³-hybridized carbons (Fsp3) is 0.385. The van der Waals surface area contributed by atoms with E-state index in [1.165, 1.54) is 4.80 Å². The maximum atomic E-state index is 5.97. The topological polar surface area (TPSA) is 87.2 Å². The van der Waals surface area contributed by atoms with Gasteiger partial charge in [0.2, 0.25) is 5.82 Å². The number of hydrogen-bond acceptors (Lipinski definition) is 6. The van der Waals surface area contributed by atoms with E-state index >= 15 is 0 Å². The third kappa shape index (κ3) is 3.28. The van der Waals surface area contributed by atoms with Gasteiger partial charge in [-0.3, -0.25) is 0 Å². The quantitative estimate of drug-likeness (QED) is 0.689. The molecule has 114 valence electrons. The van der Waals surface area contributed by atoms with Crippen LogP contribution in [0.2, 0.25) is 5.02 Å². The second kappa shape index (κ2) is 6.61. The van der Waals surface area contributed by atoms with Crippen molar-refractivity contribution in [2.75, 3.05) is 0 Å². The molecule has 1 aromatic carbocycles. The molecule has 0 N–H and O–H groups in total. The Morgan fingerprint density at radius 1 is 1.18 bits per heavy atom. The monoisotopic (exact) mass is 318 g/mol. The molecule has 3 rings (SSSR count). The van der Waals surface area contributed by atoms with Crippen LogP contribution in [-0.4, -0.2) is 40.4 Å². The molecule has 0 saturated heterocycles. The zero-order chi connectivity index (χ0) is 15.4. The van der Waals surface area contributed by atoms with Crippen LogP contribution in [0.25, 0.3) is 11.4 Å². The Bertz CT molecular complexity index is 750. The number of halogens is 1. The van der Waals surface area contributed by atoms with Crippen molar-refractivity contribution in [2.45, 2.75) is 32.9 Å². The number of tetrazole rings is 2. The summed E-state index contributed by atoms with van der Waals surface area (Å²) in [7, 11) is 0. The molecular weight excluding hydrogens is 304 g/mol. The summed E-state index contributed by atoms with van der Waals surface area (Å²) in [6.45, 7) is 3.29. The van der Waals surface area contributed by atoms with Crippen molar-refractivity contribution in [3.8, 4) is 11.4 Å². The fourth-order valence-electron chi connectivity index (χ4n) is 2.00. The number of nitrogens with zero attached hydrogens (tertiary/aromatic N) is 8. The summed E-state index contributed by atoms with van der Waals surface area (Å²) >= 11 is 5.97. The van der Waals surface area contributed by atoms with Gasteiger partial charge >= 0.3 is 0 Å². The fourth-order valence-corrected chi connectivity index (χ4v) is 2.19. The lowest BCUT2D eigenvalue weighted by atomic mass is 10.2. The smallest absolute Gasteiger partial charge is 0.204 e. The van der Waals surface area contributed by atoms with E-state index in [2.05, 4.69) is 37.9 Å². The molecule has 22 heavy (non-hydrogen) atoms. The van der Waals surface area contributed by atoms with Crippen molar-refractivity contribution in [3.63, 3.8) is 0 Å². The molecule has 0 fully saturated rings. The second-order valence-electron chi connectivity index (χ2n) is 4.83. The lowest BCUT2D eigenvalue weighted by Gasteiger charge is -2.02. The first-order valence-electron chi connectivity index (χ1n) is 7.05. The Labute approximate surface area is 132 Å². The maximum absolute atomic E-state index is 5.97. The van der Waals surface area contributed by atoms with Crippen LogP contribution < -0.4 is 0 Å². The van der Waals surface area contributed by atoms with E-state index in [0.29, 0.717) is 23.2 Å². The minimum absolute atomic E-state index is 0.379. The van der Waals surface area contributed by atoms with Gasteiger partial charge < -0.3 is 0 Å². The first-order valence-corrected chi connectivity index (χ1v) is 7.43. The summed E-state index contributed by atoms with van der Waals surface area (Å²) in [6.07, 6.45) is 2.11. The third-order valence-electron chi connectivity index (χ3n) is 3.15. The highest BCUT2D eigenvalue weighted by Gasteiger charge is 2.11. The predicted molar refractivity (Wildman–Crippen MR) is 80.1 cm³/mol. The van der Waals surface area contributed by atoms with E-state index < -0.39 is 0 Å². The van der Waals surface area contributed by atoms with Crippen molar-refractivity contribution in [2.24, 2.45) is 0 Å². The number of benzene rings is 1. The average molecular weight is 319 g/mol. The summed E-state index contributed by atoms with van der Waals surface area (Å²) in [5.74, 6) is 1.23. The van der Waals surface area contributed by atoms with Gasteiger partial charge in [-0.1, -0.05) is 37.1 Å². The van der Waals surface area contributed by atoms with Gasteiger partial charge in [0.1, 0.15) is 6.54 Å². The summed E-state index contributed by atoms with van der Waals surface area (Å²) in [5, 5.41) is 24.8. The van der Waals surface area contributed by atoms with E-state index in [9.17, 15) is 0 Å². The van der Waals surface area contributed by atoms with Crippen LogP contribution in [0.15, 0.2) is 24.3 Å². The molecule has 2 aromatic heterocycles. The predicted octanol–water partition coefficient (Wildman–Crippen LogP) is 1.83. The molecule has 0 aliphatic carbocycles. The molecule has 0 amide bonds. The van der Waals surface area contributed by atoms with Crippen LogP contribution >= 0.6 is 11.6 Å². The van der Waals surface area contributed by atoms with Gasteiger partial charge in [0, 0.05) is 17.1 Å². The van der Waals surface area contributed by atoms with Gasteiger partial charge in [0.05, 0.1) is 0 Å². The summed E-state index contributed by atoms with van der Waals surface area (Å²) in [4.78, 5) is 1.48. The molecule has 9 heteroatoms. The van der Waals surface area contributed by atoms with Crippen LogP contribution in [-0.2, 0) is 13.1 Å². The van der Waals surface area contributed by atoms with Gasteiger partial charge in [0.25, 0.3) is 0 Å². The standard InChI is InChI=1S/C13H15ClN8/c1-2-3-7-21-12(15-18-20-21)9-22-17-13(16-19-22)10-5-4-6-11(14)8-10/h4-6,8H,2-3,7,9H2,1H3. The summed E-state index contributed by atoms with van der Waals surface area (Å²) in [5.41, 5.74) is 0.823. The first-order chi connectivity index (χ1) is 10.8. The van der Waals surface area contributed by atoms with E-state index in [4.69, 9.17) is 11.6 Å². The summed E-state index contributed by atoms with van der Waals surface area (Å²) in [6, 6.07) is 7.34. The highest BCUT2D eigenvalue weighted by molar-refractivity contribution is 6.30. The molecule has 8 nitrogen and oxygen atoms in total. The number of hydrogen-bond donors (Lipinski definition) is 0. The second-order valence-corrected chi connectivity index (χ2v) is 5.26. The van der Waals surface area contributed by atoms with Crippen LogP contribution in [0.4, 0.5) is 0 Å². The number of rotatable bonds is 6. The molecule has 0 unspecified atom stereocenters. The normalized spacial score (nSPS) is 11.0. The largest absolute Gasteiger partial charge is 0.228 e. The minimum atomic E-state index is 0.379. The lowest BCUT2D eigenvalue weighted by molar-refractivity contribution is 0.490. The van der Waals surface area contributed by atoms with Gasteiger partial charge in [-0.15, -0.1) is 15.3 Å². The van der Waals surface area contributed by atoms with Gasteiger partial charge in [-0.2, -0.15) is 4.80 Å². The molecule has 0 radical (unpaired) electrons. The molecule has 0 saturated carbocycles. The number of unbranched alkanes of at least 4 members (excludes halogenated alkanes) is 1. The molecular formula is C13H15ClN8. The maximum Gasteiger partial charge on any atom is 0.204 e. The highest BCUT2D eigenvalue weighted by atomic mass is 35.5. The van der Waals surface area contributed by atoms with E-state index in [-0.39, 0.29) is 0 Å². The Morgan fingerprint density at radius 3 is 2.91 bits per heavy atom. The molecule has 0 spiro atoms. The average Bonchev–Trinajstić information content (AvgIpc) is 3.15. The SMILES string of the molecule is CCCCn1nnnc1Cn1nnc(-c2cccc(Cl)c2)n1. The molecule has 0 aliphatic rings. The van der Waals surface area contributed by atoms with Gasteiger partial charge in [0.15, 0.2) is 5.82 Å². The van der Waals surface area contributed by atoms with Crippen LogP contribution in [0.1, 0.15) is 25.6 Å². The zero-order valence-corrected chi connectivity index (χ0v) is 12.8. The van der Waals surface area contributed by atoms with Crippen molar-refractivity contribution in [1.82, 2.24) is 40.4 Å². The van der Waals surface area contributed by atoms with E-state index in [1.54, 1.807) is 16.8 Å². The van der Waals surface area contributed by atoms with E-state index in [1.807, 2.05) is 12.1 Å². The third-order valence-corrected chi connectivity index (χ3v) is 3.38. The van der Waals surface area contributed by atoms with Gasteiger partial charge in [-0.05, 0) is 34.2 Å². The number of aryl methyl sites for hydroxylation is 1. The van der Waals surface area contributed by atoms with Crippen LogP contribution in [0, 0.1) is 0 Å². The Hall–Kier alpha value is -2.35. The Kier molecular flexibility index (Phi) is 4.38. The molecule has 3 aromatic rings. The molecule has 0 bridgehead atoms. The minimum Gasteiger partial charge on any atom is -0.228 e. The zero-order valence-electron chi connectivity index (χ0n) is 12.1. The first kappa shape index (κ1) is 14.6. The van der Waals surface area contributed by atoms with Crippen molar-refractivity contribution in [1.29, 1.82) is 0 Å². The molecule has 0 atom stereocenters. The lowest BCUT2D eigenvalue weighted by Crippen LogP contribution is -2.12. The Morgan fingerprint density at radius 2 is 2.09 bits per heavy atom. The number of aromatic nitrogens is 8. The van der Waals surface area contributed by atoms with Crippen LogP contribution in [0.3, 0.4) is 0 Å². The van der Waals surface area contributed by atoms with Crippen molar-refractivity contribution < 1.29 is 0 Å². The van der Waals surface area contributed by atoms with Crippen molar-refractivity contribution >= 4 is 11.6 Å². The van der Waals surface area contributed by atoms with Gasteiger partial charge in [-0.25, -0.2) is 4.68 Å². The van der Waals surface area contributed by atoms with Crippen LogP contribution in [0.5, 0.6) is 0 Å². The highest BCUT2D eigenvalue weighted by Crippen LogP contribution is 2.18. The van der Waals surface area contributed by atoms with Crippen molar-refractivity contribution in [3.05, 3.63) is 35.1 Å². The molecule has 2 heterocycles. The molecule has 0 aliphatic heterocycles.